The maximum absolute atomic E-state index is 13.1. The number of carbonyl (C=O) groups excluding carboxylic acids is 1. The first kappa shape index (κ1) is 22.3. The SMILES string of the molecule is Cc1ccc(CN(Cc2ccco2)C(=O)Cc2ccc(NS(=O)(=O)c3cccs3)cc2)s1. The van der Waals surface area contributed by atoms with E-state index in [9.17, 15) is 13.2 Å². The van der Waals surface area contributed by atoms with Crippen molar-refractivity contribution >= 4 is 44.3 Å². The number of sulfonamides is 1. The van der Waals surface area contributed by atoms with Crippen LogP contribution in [-0.2, 0) is 34.3 Å². The van der Waals surface area contributed by atoms with Crippen LogP contribution in [0.2, 0.25) is 0 Å². The van der Waals surface area contributed by atoms with E-state index >= 15 is 0 Å². The van der Waals surface area contributed by atoms with Crippen LogP contribution >= 0.6 is 22.7 Å². The molecule has 1 aromatic carbocycles. The van der Waals surface area contributed by atoms with Crippen LogP contribution in [0, 0.1) is 6.92 Å². The molecule has 0 bridgehead atoms. The summed E-state index contributed by atoms with van der Waals surface area (Å²) in [5, 5.41) is 1.72. The van der Waals surface area contributed by atoms with Crippen LogP contribution in [0.4, 0.5) is 5.69 Å². The summed E-state index contributed by atoms with van der Waals surface area (Å²) < 4.78 is 33.0. The average molecular weight is 487 g/mol. The molecule has 0 spiro atoms. The standard InChI is InChI=1S/C23H22N2O4S3/c1-17-6-11-21(31-17)16-25(15-20-4-2-12-29-20)22(26)14-18-7-9-19(10-8-18)24-32(27,28)23-5-3-13-30-23/h2-13,24H,14-16H2,1H3. The number of thiophene rings is 2. The van der Waals surface area contributed by atoms with Crippen molar-refractivity contribution in [1.29, 1.82) is 0 Å². The second kappa shape index (κ2) is 9.72. The van der Waals surface area contributed by atoms with E-state index in [1.54, 1.807) is 64.3 Å². The van der Waals surface area contributed by atoms with E-state index in [1.165, 1.54) is 4.88 Å². The van der Waals surface area contributed by atoms with Gasteiger partial charge < -0.3 is 9.32 Å². The van der Waals surface area contributed by atoms with Crippen LogP contribution in [0.25, 0.3) is 0 Å². The van der Waals surface area contributed by atoms with Gasteiger partial charge in [-0.1, -0.05) is 18.2 Å². The van der Waals surface area contributed by atoms with Crippen molar-refractivity contribution in [2.24, 2.45) is 0 Å². The number of aryl methyl sites for hydroxylation is 1. The molecule has 1 amide bonds. The number of hydrogen-bond acceptors (Lipinski definition) is 6. The quantitative estimate of drug-likeness (QED) is 0.349. The highest BCUT2D eigenvalue weighted by Gasteiger charge is 2.18. The van der Waals surface area contributed by atoms with Gasteiger partial charge in [-0.15, -0.1) is 22.7 Å². The van der Waals surface area contributed by atoms with Crippen LogP contribution in [0.3, 0.4) is 0 Å². The largest absolute Gasteiger partial charge is 0.467 e. The zero-order valence-corrected chi connectivity index (χ0v) is 19.8. The Labute approximate surface area is 195 Å². The monoisotopic (exact) mass is 486 g/mol. The van der Waals surface area contributed by atoms with Gasteiger partial charge in [-0.25, -0.2) is 8.42 Å². The van der Waals surface area contributed by atoms with Gasteiger partial charge in [0.05, 0.1) is 25.8 Å². The summed E-state index contributed by atoms with van der Waals surface area (Å²) >= 11 is 2.83. The Morgan fingerprint density at radius 1 is 1.03 bits per heavy atom. The molecule has 3 heterocycles. The second-order valence-electron chi connectivity index (χ2n) is 7.25. The van der Waals surface area contributed by atoms with Crippen molar-refractivity contribution < 1.29 is 17.6 Å². The fraction of sp³-hybridized carbons (Fsp3) is 0.174. The maximum Gasteiger partial charge on any atom is 0.271 e. The zero-order valence-electron chi connectivity index (χ0n) is 17.4. The van der Waals surface area contributed by atoms with Gasteiger partial charge in [-0.3, -0.25) is 9.52 Å². The Hall–Kier alpha value is -2.88. The highest BCUT2D eigenvalue weighted by atomic mass is 32.2. The lowest BCUT2D eigenvalue weighted by Gasteiger charge is -2.21. The van der Waals surface area contributed by atoms with Gasteiger partial charge in [0.1, 0.15) is 9.97 Å². The molecule has 0 aliphatic heterocycles. The molecule has 0 aliphatic carbocycles. The Morgan fingerprint density at radius 2 is 1.84 bits per heavy atom. The Bertz CT molecular complexity index is 1260. The fourth-order valence-corrected chi connectivity index (χ4v) is 6.14. The predicted octanol–water partition coefficient (Wildman–Crippen LogP) is 5.28. The summed E-state index contributed by atoms with van der Waals surface area (Å²) in [7, 11) is -3.60. The van der Waals surface area contributed by atoms with E-state index in [2.05, 4.69) is 4.72 Å². The number of carbonyl (C=O) groups is 1. The zero-order chi connectivity index (χ0) is 22.6. The smallest absolute Gasteiger partial charge is 0.271 e. The van der Waals surface area contributed by atoms with Gasteiger partial charge in [0.2, 0.25) is 5.91 Å². The molecule has 9 heteroatoms. The molecule has 4 aromatic rings. The number of nitrogens with zero attached hydrogens (tertiary/aromatic N) is 1. The number of hydrogen-bond donors (Lipinski definition) is 1. The minimum absolute atomic E-state index is 0.0284. The lowest BCUT2D eigenvalue weighted by atomic mass is 10.1. The third-order valence-electron chi connectivity index (χ3n) is 4.74. The minimum atomic E-state index is -3.60. The van der Waals surface area contributed by atoms with Gasteiger partial charge in [0.25, 0.3) is 10.0 Å². The molecule has 32 heavy (non-hydrogen) atoms. The van der Waals surface area contributed by atoms with Crippen LogP contribution < -0.4 is 4.72 Å². The van der Waals surface area contributed by atoms with Gasteiger partial charge in [-0.05, 0) is 60.3 Å². The number of benzene rings is 1. The summed E-state index contributed by atoms with van der Waals surface area (Å²) in [5.41, 5.74) is 1.26. The highest BCUT2D eigenvalue weighted by molar-refractivity contribution is 7.94. The molecule has 0 unspecified atom stereocenters. The van der Waals surface area contributed by atoms with Crippen molar-refractivity contribution in [3.63, 3.8) is 0 Å². The Morgan fingerprint density at radius 3 is 2.47 bits per heavy atom. The van der Waals surface area contributed by atoms with Gasteiger partial charge in [-0.2, -0.15) is 0 Å². The lowest BCUT2D eigenvalue weighted by molar-refractivity contribution is -0.131. The number of nitrogens with one attached hydrogen (secondary N) is 1. The molecule has 0 aliphatic rings. The van der Waals surface area contributed by atoms with Crippen molar-refractivity contribution in [3.8, 4) is 0 Å². The van der Waals surface area contributed by atoms with Crippen LogP contribution in [-0.4, -0.2) is 19.2 Å². The summed E-state index contributed by atoms with van der Waals surface area (Å²) in [4.78, 5) is 17.2. The molecular formula is C23H22N2O4S3. The summed E-state index contributed by atoms with van der Waals surface area (Å²) in [6.07, 6.45) is 1.81. The number of anilines is 1. The summed E-state index contributed by atoms with van der Waals surface area (Å²) in [5.74, 6) is 0.698. The first-order chi connectivity index (χ1) is 15.4. The molecule has 4 rings (SSSR count). The summed E-state index contributed by atoms with van der Waals surface area (Å²) in [6, 6.07) is 17.9. The topological polar surface area (TPSA) is 79.6 Å². The number of amides is 1. The molecule has 3 aromatic heterocycles. The van der Waals surface area contributed by atoms with E-state index in [-0.39, 0.29) is 16.5 Å². The third kappa shape index (κ3) is 5.67. The van der Waals surface area contributed by atoms with E-state index in [4.69, 9.17) is 4.42 Å². The molecule has 6 nitrogen and oxygen atoms in total. The van der Waals surface area contributed by atoms with E-state index in [0.29, 0.717) is 18.8 Å². The van der Waals surface area contributed by atoms with Gasteiger partial charge in [0.15, 0.2) is 0 Å². The maximum atomic E-state index is 13.1. The van der Waals surface area contributed by atoms with Crippen LogP contribution in [0.5, 0.6) is 0 Å². The Balaban J connectivity index is 1.44. The molecule has 0 saturated heterocycles. The van der Waals surface area contributed by atoms with Crippen molar-refractivity contribution in [1.82, 2.24) is 4.90 Å². The normalized spacial score (nSPS) is 11.4. The minimum Gasteiger partial charge on any atom is -0.467 e. The Kier molecular flexibility index (Phi) is 6.78. The van der Waals surface area contributed by atoms with E-state index < -0.39 is 10.0 Å². The van der Waals surface area contributed by atoms with Crippen LogP contribution in [0.15, 0.2) is 80.9 Å². The van der Waals surface area contributed by atoms with Gasteiger partial charge in [0, 0.05) is 15.4 Å². The van der Waals surface area contributed by atoms with Crippen molar-refractivity contribution in [2.45, 2.75) is 30.6 Å². The average Bonchev–Trinajstić information content (AvgIpc) is 3.52. The molecule has 166 valence electrons. The number of rotatable bonds is 9. The second-order valence-corrected chi connectivity index (χ2v) is 11.5. The van der Waals surface area contributed by atoms with Crippen molar-refractivity contribution in [3.05, 3.63) is 93.4 Å². The molecule has 0 fully saturated rings. The highest BCUT2D eigenvalue weighted by Crippen LogP contribution is 2.22. The first-order valence-corrected chi connectivity index (χ1v) is 13.1. The molecule has 0 atom stereocenters. The number of furan rings is 1. The molecule has 0 saturated carbocycles. The fourth-order valence-electron chi connectivity index (χ4n) is 3.18. The molecule has 1 N–H and O–H groups in total. The predicted molar refractivity (Wildman–Crippen MR) is 127 cm³/mol. The molecular weight excluding hydrogens is 464 g/mol. The van der Waals surface area contributed by atoms with Gasteiger partial charge >= 0.3 is 0 Å². The lowest BCUT2D eigenvalue weighted by Crippen LogP contribution is -2.31. The van der Waals surface area contributed by atoms with E-state index in [1.807, 2.05) is 31.2 Å². The van der Waals surface area contributed by atoms with E-state index in [0.717, 1.165) is 27.5 Å². The first-order valence-electron chi connectivity index (χ1n) is 9.90. The molecule has 0 radical (unpaired) electrons. The summed E-state index contributed by atoms with van der Waals surface area (Å²) in [6.45, 7) is 2.94. The van der Waals surface area contributed by atoms with Crippen molar-refractivity contribution in [2.75, 3.05) is 4.72 Å². The third-order valence-corrected chi connectivity index (χ3v) is 8.51. The van der Waals surface area contributed by atoms with Crippen LogP contribution in [0.1, 0.15) is 21.1 Å².